The second-order valence-corrected chi connectivity index (χ2v) is 9.04. The molecule has 0 fully saturated rings. The van der Waals surface area contributed by atoms with Crippen LogP contribution >= 0.6 is 34.2 Å². The molecule has 0 unspecified atom stereocenters. The Bertz CT molecular complexity index is 1130. The molecule has 2 aromatic rings. The lowest BCUT2D eigenvalue weighted by Crippen LogP contribution is -2.39. The van der Waals surface area contributed by atoms with Gasteiger partial charge in [-0.3, -0.25) is 19.4 Å². The Balaban J connectivity index is 1.62. The van der Waals surface area contributed by atoms with Crippen LogP contribution in [0.5, 0.6) is 5.75 Å². The number of carbonyl (C=O) groups is 3. The van der Waals surface area contributed by atoms with E-state index < -0.39 is 30.2 Å². The van der Waals surface area contributed by atoms with Crippen LogP contribution in [0.3, 0.4) is 0 Å². The number of guanidine groups is 1. The van der Waals surface area contributed by atoms with E-state index >= 15 is 0 Å². The van der Waals surface area contributed by atoms with Crippen molar-refractivity contribution < 1.29 is 24.6 Å². The molecule has 0 saturated heterocycles. The van der Waals surface area contributed by atoms with Crippen LogP contribution in [0.1, 0.15) is 34.8 Å². The Kier molecular flexibility index (Phi) is 8.93. The number of carbonyl (C=O) groups excluding carboxylic acids is 2. The number of nitrogens with one attached hydrogen (secondary N) is 4. The molecule has 6 N–H and O–H groups in total. The maximum absolute atomic E-state index is 12.6. The number of phenols is 1. The Morgan fingerprint density at radius 1 is 1.24 bits per heavy atom. The Hall–Kier alpha value is -3.06. The molecule has 0 saturated carbocycles. The van der Waals surface area contributed by atoms with Crippen molar-refractivity contribution in [2.45, 2.75) is 18.9 Å². The molecule has 1 aliphatic rings. The monoisotopic (exact) mass is 599 g/mol. The minimum absolute atomic E-state index is 0.165. The Morgan fingerprint density at radius 2 is 2.03 bits per heavy atom. The number of anilines is 1. The minimum Gasteiger partial charge on any atom is -0.506 e. The third-order valence-electron chi connectivity index (χ3n) is 4.84. The van der Waals surface area contributed by atoms with E-state index in [0.29, 0.717) is 20.8 Å². The molecule has 2 amide bonds. The summed E-state index contributed by atoms with van der Waals surface area (Å²) in [6.45, 7) is 1.15. The van der Waals surface area contributed by atoms with Gasteiger partial charge in [0.05, 0.1) is 22.6 Å². The summed E-state index contributed by atoms with van der Waals surface area (Å²) < 4.78 is 0.418. The van der Waals surface area contributed by atoms with Crippen LogP contribution in [-0.2, 0) is 9.59 Å². The number of aromatic hydroxyl groups is 1. The van der Waals surface area contributed by atoms with Gasteiger partial charge in [-0.15, -0.1) is 0 Å². The third-order valence-corrected chi connectivity index (χ3v) is 5.88. The quantitative estimate of drug-likeness (QED) is 0.255. The molecule has 3 rings (SSSR count). The molecule has 1 aliphatic heterocycles. The molecule has 2 aromatic carbocycles. The normalized spacial score (nSPS) is 13.8. The highest BCUT2D eigenvalue weighted by Crippen LogP contribution is 2.34. The second kappa shape index (κ2) is 11.9. The van der Waals surface area contributed by atoms with Gasteiger partial charge in [0.2, 0.25) is 5.91 Å². The first-order valence-corrected chi connectivity index (χ1v) is 11.8. The molecule has 180 valence electrons. The van der Waals surface area contributed by atoms with Gasteiger partial charge in [-0.25, -0.2) is 0 Å². The molecule has 0 spiro atoms. The van der Waals surface area contributed by atoms with Crippen LogP contribution in [0.15, 0.2) is 41.4 Å². The van der Waals surface area contributed by atoms with Gasteiger partial charge in [0.15, 0.2) is 5.96 Å². The van der Waals surface area contributed by atoms with E-state index in [1.165, 1.54) is 12.1 Å². The molecule has 1 heterocycles. The van der Waals surface area contributed by atoms with Crippen molar-refractivity contribution in [2.75, 3.05) is 25.0 Å². The molecule has 0 aliphatic carbocycles. The molecule has 1 atom stereocenters. The van der Waals surface area contributed by atoms with Crippen LogP contribution in [0, 0.1) is 3.57 Å². The minimum atomic E-state index is -1.18. The summed E-state index contributed by atoms with van der Waals surface area (Å²) in [6, 6.07) is 8.60. The lowest BCUT2D eigenvalue weighted by molar-refractivity contribution is -0.137. The van der Waals surface area contributed by atoms with Crippen molar-refractivity contribution in [3.63, 3.8) is 0 Å². The first-order valence-electron chi connectivity index (χ1n) is 10.4. The molecule has 0 aromatic heterocycles. The Labute approximate surface area is 214 Å². The predicted octanol–water partition coefficient (Wildman–Crippen LogP) is 2.47. The average Bonchev–Trinajstić information content (AvgIpc) is 2.80. The summed E-state index contributed by atoms with van der Waals surface area (Å²) in [6.07, 6.45) is 0.481. The van der Waals surface area contributed by atoms with E-state index in [9.17, 15) is 24.6 Å². The lowest BCUT2D eigenvalue weighted by Gasteiger charge is -2.20. The van der Waals surface area contributed by atoms with Gasteiger partial charge >= 0.3 is 5.97 Å². The lowest BCUT2D eigenvalue weighted by atomic mass is 10.0. The summed E-state index contributed by atoms with van der Waals surface area (Å²) in [5, 5.41) is 31.2. The highest BCUT2D eigenvalue weighted by atomic mass is 127. The van der Waals surface area contributed by atoms with Gasteiger partial charge in [-0.05, 0) is 59.3 Å². The smallest absolute Gasteiger partial charge is 0.305 e. The maximum atomic E-state index is 12.6. The molecule has 34 heavy (non-hydrogen) atoms. The van der Waals surface area contributed by atoms with Crippen molar-refractivity contribution >= 4 is 63.6 Å². The fourth-order valence-corrected chi connectivity index (χ4v) is 4.32. The molecule has 12 heteroatoms. The van der Waals surface area contributed by atoms with Crippen molar-refractivity contribution in [1.82, 2.24) is 16.0 Å². The molecular weight excluding hydrogens is 577 g/mol. The van der Waals surface area contributed by atoms with E-state index in [-0.39, 0.29) is 22.9 Å². The van der Waals surface area contributed by atoms with E-state index in [4.69, 9.17) is 11.6 Å². The van der Waals surface area contributed by atoms with E-state index in [1.807, 2.05) is 22.6 Å². The Morgan fingerprint density at radius 3 is 2.74 bits per heavy atom. The van der Waals surface area contributed by atoms with Gasteiger partial charge in [0, 0.05) is 34.9 Å². The number of halogens is 2. The average molecular weight is 600 g/mol. The van der Waals surface area contributed by atoms with E-state index in [0.717, 1.165) is 19.5 Å². The van der Waals surface area contributed by atoms with Crippen LogP contribution in [0.25, 0.3) is 0 Å². The number of nitrogens with zero attached hydrogens (tertiary/aromatic N) is 1. The van der Waals surface area contributed by atoms with E-state index in [2.05, 4.69) is 26.3 Å². The summed E-state index contributed by atoms with van der Waals surface area (Å²) in [5.41, 5.74) is 1.17. The number of rotatable bonds is 8. The number of aliphatic imine (C=N–C) groups is 1. The van der Waals surface area contributed by atoms with Crippen molar-refractivity contribution in [3.8, 4) is 5.75 Å². The summed E-state index contributed by atoms with van der Waals surface area (Å²) in [7, 11) is 0. The van der Waals surface area contributed by atoms with Crippen LogP contribution < -0.4 is 21.3 Å². The zero-order valence-electron chi connectivity index (χ0n) is 17.9. The first kappa shape index (κ1) is 25.6. The van der Waals surface area contributed by atoms with Gasteiger partial charge in [-0.1, -0.05) is 17.7 Å². The summed E-state index contributed by atoms with van der Waals surface area (Å²) in [4.78, 5) is 40.7. The SMILES string of the molecule is O=C(O)C[C@H](NC(=O)CNC(=O)c1cccc(NC2=NCCCN2)c1)c1cc(Cl)cc(I)c1O. The number of benzene rings is 2. The fourth-order valence-electron chi connectivity index (χ4n) is 3.26. The number of carboxylic acids is 1. The van der Waals surface area contributed by atoms with Gasteiger partial charge in [-0.2, -0.15) is 0 Å². The van der Waals surface area contributed by atoms with Gasteiger partial charge in [0.25, 0.3) is 5.91 Å². The standard InChI is InChI=1S/C22H23ClIN5O5/c23-13-8-15(20(33)16(24)9-13)17(10-19(31)32)29-18(30)11-27-21(34)12-3-1-4-14(7-12)28-22-25-5-2-6-26-22/h1,3-4,7-9,17,33H,2,5-6,10-11H2,(H,27,34)(H,29,30)(H,31,32)(H2,25,26,28)/t17-/m0/s1. The van der Waals surface area contributed by atoms with Gasteiger partial charge in [0.1, 0.15) is 5.75 Å². The number of phenolic OH excluding ortho intramolecular Hbond substituents is 1. The number of carboxylic acid groups (broad SMARTS) is 1. The van der Waals surface area contributed by atoms with Crippen LogP contribution in [0.4, 0.5) is 5.69 Å². The van der Waals surface area contributed by atoms with Crippen LogP contribution in [-0.4, -0.2) is 53.6 Å². The van der Waals surface area contributed by atoms with Crippen molar-refractivity contribution in [3.05, 3.63) is 56.1 Å². The largest absolute Gasteiger partial charge is 0.506 e. The number of amides is 2. The zero-order valence-corrected chi connectivity index (χ0v) is 20.8. The molecule has 0 radical (unpaired) electrons. The maximum Gasteiger partial charge on any atom is 0.305 e. The molecular formula is C22H23ClIN5O5. The fraction of sp³-hybridized carbons (Fsp3) is 0.273. The number of aliphatic carboxylic acids is 1. The van der Waals surface area contributed by atoms with Crippen molar-refractivity contribution in [1.29, 1.82) is 0 Å². The number of hydrogen-bond donors (Lipinski definition) is 6. The second-order valence-electron chi connectivity index (χ2n) is 7.44. The molecule has 0 bridgehead atoms. The van der Waals surface area contributed by atoms with Crippen LogP contribution in [0.2, 0.25) is 5.02 Å². The molecule has 10 nitrogen and oxygen atoms in total. The summed E-state index contributed by atoms with van der Waals surface area (Å²) >= 11 is 7.89. The highest BCUT2D eigenvalue weighted by Gasteiger charge is 2.23. The third kappa shape index (κ3) is 7.22. The zero-order chi connectivity index (χ0) is 24.7. The number of hydrogen-bond acceptors (Lipinski definition) is 7. The van der Waals surface area contributed by atoms with Gasteiger partial charge < -0.3 is 31.5 Å². The predicted molar refractivity (Wildman–Crippen MR) is 136 cm³/mol. The van der Waals surface area contributed by atoms with Crippen molar-refractivity contribution in [2.24, 2.45) is 4.99 Å². The first-order chi connectivity index (χ1) is 16.2. The summed E-state index contributed by atoms with van der Waals surface area (Å²) in [5.74, 6) is -1.81. The topological polar surface area (TPSA) is 152 Å². The van der Waals surface area contributed by atoms with E-state index in [1.54, 1.807) is 24.3 Å². The highest BCUT2D eigenvalue weighted by molar-refractivity contribution is 14.1.